The molecule has 1 saturated carbocycles. The van der Waals surface area contributed by atoms with Crippen molar-refractivity contribution >= 4 is 17.0 Å². The van der Waals surface area contributed by atoms with Gasteiger partial charge in [0, 0.05) is 36.3 Å². The van der Waals surface area contributed by atoms with Crippen LogP contribution in [-0.2, 0) is 13.1 Å². The van der Waals surface area contributed by atoms with Gasteiger partial charge in [-0.05, 0) is 49.9 Å². The Labute approximate surface area is 227 Å². The first-order valence-electron chi connectivity index (χ1n) is 12.9. The van der Waals surface area contributed by atoms with Crippen molar-refractivity contribution in [3.05, 3.63) is 53.9 Å². The number of anilines is 1. The van der Waals surface area contributed by atoms with Gasteiger partial charge in [-0.25, -0.2) is 14.6 Å². The van der Waals surface area contributed by atoms with Crippen molar-refractivity contribution in [2.75, 3.05) is 33.3 Å². The summed E-state index contributed by atoms with van der Waals surface area (Å²) in [7, 11) is 6.54. The van der Waals surface area contributed by atoms with Crippen LogP contribution < -0.4 is 23.8 Å². The number of benzene rings is 2. The van der Waals surface area contributed by atoms with Crippen LogP contribution in [0, 0.1) is 0 Å². The molecule has 0 radical (unpaired) electrons. The lowest BCUT2D eigenvalue weighted by atomic mass is 9.93. The second kappa shape index (κ2) is 11.7. The number of hydrogen-bond acceptors (Lipinski definition) is 10. The first-order valence-corrected chi connectivity index (χ1v) is 12.9. The molecule has 5 rings (SSSR count). The molecule has 2 heterocycles. The molecule has 206 valence electrons. The van der Waals surface area contributed by atoms with E-state index in [-0.39, 0.29) is 12.1 Å². The molecule has 0 spiro atoms. The van der Waals surface area contributed by atoms with E-state index >= 15 is 0 Å². The highest BCUT2D eigenvalue weighted by Gasteiger charge is 2.27. The summed E-state index contributed by atoms with van der Waals surface area (Å²) < 4.78 is 24.0. The molecule has 1 aliphatic rings. The molecule has 39 heavy (non-hydrogen) atoms. The molecule has 1 fully saturated rings. The van der Waals surface area contributed by atoms with Crippen LogP contribution in [0.5, 0.6) is 23.0 Å². The van der Waals surface area contributed by atoms with E-state index in [0.29, 0.717) is 59.5 Å². The topological polar surface area (TPSA) is 117 Å². The molecule has 0 bridgehead atoms. The lowest BCUT2D eigenvalue weighted by Crippen LogP contribution is -2.25. The average molecular weight is 535 g/mol. The highest BCUT2D eigenvalue weighted by molar-refractivity contribution is 5.82. The smallest absolute Gasteiger partial charge is 0.184 e. The van der Waals surface area contributed by atoms with Gasteiger partial charge in [0.25, 0.3) is 0 Å². The summed E-state index contributed by atoms with van der Waals surface area (Å²) in [6.07, 6.45) is 4.50. The fraction of sp³-hybridized carbons (Fsp3) is 0.429. The molecule has 2 aromatic carbocycles. The highest BCUT2D eigenvalue weighted by atomic mass is 16.5. The molecule has 2 aromatic heterocycles. The Hall–Kier alpha value is -4.12. The third-order valence-electron chi connectivity index (χ3n) is 7.22. The number of hydrogen-bond donors (Lipinski definition) is 1. The van der Waals surface area contributed by atoms with Crippen LogP contribution in [0.2, 0.25) is 0 Å². The van der Waals surface area contributed by atoms with Gasteiger partial charge >= 0.3 is 0 Å². The summed E-state index contributed by atoms with van der Waals surface area (Å²) in [5, 5.41) is 19.2. The average Bonchev–Trinajstić information content (AvgIpc) is 3.41. The van der Waals surface area contributed by atoms with Gasteiger partial charge in [0.15, 0.2) is 17.0 Å². The van der Waals surface area contributed by atoms with Crippen LogP contribution in [0.1, 0.15) is 42.9 Å². The summed E-state index contributed by atoms with van der Waals surface area (Å²) in [6.45, 7) is 0.924. The quantitative estimate of drug-likeness (QED) is 0.321. The minimum Gasteiger partial charge on any atom is -0.497 e. The Morgan fingerprint density at radius 2 is 1.51 bits per heavy atom. The lowest BCUT2D eigenvalue weighted by Gasteiger charge is -2.27. The van der Waals surface area contributed by atoms with Crippen molar-refractivity contribution in [1.82, 2.24) is 25.0 Å². The summed E-state index contributed by atoms with van der Waals surface area (Å²) in [6, 6.07) is 11.5. The maximum Gasteiger partial charge on any atom is 0.184 e. The molecule has 4 aromatic rings. The number of fused-ring (bicyclic) bond motifs is 1. The van der Waals surface area contributed by atoms with Gasteiger partial charge in [0.05, 0.1) is 40.6 Å². The monoisotopic (exact) mass is 534 g/mol. The number of nitrogens with zero attached hydrogens (tertiary/aromatic N) is 6. The maximum atomic E-state index is 10.3. The molecule has 0 unspecified atom stereocenters. The lowest BCUT2D eigenvalue weighted by molar-refractivity contribution is 0.101. The number of aliphatic hydroxyl groups excluding tert-OH is 1. The Kier molecular flexibility index (Phi) is 7.97. The van der Waals surface area contributed by atoms with Crippen LogP contribution in [0.15, 0.2) is 42.7 Å². The van der Waals surface area contributed by atoms with E-state index in [4.69, 9.17) is 18.9 Å². The van der Waals surface area contributed by atoms with E-state index in [0.717, 1.165) is 30.4 Å². The zero-order valence-electron chi connectivity index (χ0n) is 22.7. The first-order chi connectivity index (χ1) is 19.0. The second-order valence-corrected chi connectivity index (χ2v) is 9.59. The first kappa shape index (κ1) is 26.5. The van der Waals surface area contributed by atoms with Crippen LogP contribution in [0.25, 0.3) is 11.2 Å². The SMILES string of the molecule is COc1ccc(CN(Cc2ccc(OC)cc2OC)c2ncnc3c2nnn3[C@H]2CCC[C@H](O)C2)c(OC)c1. The van der Waals surface area contributed by atoms with Gasteiger partial charge in [-0.3, -0.25) is 0 Å². The highest BCUT2D eigenvalue weighted by Crippen LogP contribution is 2.34. The van der Waals surface area contributed by atoms with E-state index in [1.165, 1.54) is 0 Å². The number of aliphatic hydroxyl groups is 1. The Bertz CT molecular complexity index is 1370. The summed E-state index contributed by atoms with van der Waals surface area (Å²) in [5.41, 5.74) is 3.13. The van der Waals surface area contributed by atoms with Crippen molar-refractivity contribution in [3.8, 4) is 23.0 Å². The third kappa shape index (κ3) is 5.53. The molecule has 1 N–H and O–H groups in total. The van der Waals surface area contributed by atoms with Crippen LogP contribution in [0.4, 0.5) is 5.82 Å². The largest absolute Gasteiger partial charge is 0.497 e. The van der Waals surface area contributed by atoms with Crippen molar-refractivity contribution in [2.45, 2.75) is 50.9 Å². The van der Waals surface area contributed by atoms with Crippen molar-refractivity contribution in [2.24, 2.45) is 0 Å². The predicted molar refractivity (Wildman–Crippen MR) is 146 cm³/mol. The number of rotatable bonds is 10. The Balaban J connectivity index is 1.58. The molecule has 2 atom stereocenters. The van der Waals surface area contributed by atoms with Crippen molar-refractivity contribution in [3.63, 3.8) is 0 Å². The minimum atomic E-state index is -0.342. The zero-order valence-corrected chi connectivity index (χ0v) is 22.7. The third-order valence-corrected chi connectivity index (χ3v) is 7.22. The summed E-state index contributed by atoms with van der Waals surface area (Å²) >= 11 is 0. The van der Waals surface area contributed by atoms with E-state index in [2.05, 4.69) is 25.2 Å². The Morgan fingerprint density at radius 3 is 2.08 bits per heavy atom. The van der Waals surface area contributed by atoms with Crippen molar-refractivity contribution < 1.29 is 24.1 Å². The summed E-state index contributed by atoms with van der Waals surface area (Å²) in [5.74, 6) is 3.46. The van der Waals surface area contributed by atoms with Gasteiger partial charge in [0.1, 0.15) is 29.3 Å². The minimum absolute atomic E-state index is 0.0401. The number of aromatic nitrogens is 5. The van der Waals surface area contributed by atoms with Gasteiger partial charge < -0.3 is 29.0 Å². The van der Waals surface area contributed by atoms with E-state index in [1.807, 2.05) is 41.1 Å². The molecular weight excluding hydrogens is 500 g/mol. The second-order valence-electron chi connectivity index (χ2n) is 9.59. The predicted octanol–water partition coefficient (Wildman–Crippen LogP) is 3.94. The molecule has 0 aliphatic heterocycles. The van der Waals surface area contributed by atoms with Crippen LogP contribution >= 0.6 is 0 Å². The number of ether oxygens (including phenoxy) is 4. The zero-order chi connectivity index (χ0) is 27.4. The molecule has 1 aliphatic carbocycles. The molecular formula is C28H34N6O5. The molecule has 0 amide bonds. The normalized spacial score (nSPS) is 17.2. The van der Waals surface area contributed by atoms with Gasteiger partial charge in [-0.1, -0.05) is 5.21 Å². The Morgan fingerprint density at radius 1 is 0.872 bits per heavy atom. The fourth-order valence-corrected chi connectivity index (χ4v) is 5.17. The molecule has 11 heteroatoms. The van der Waals surface area contributed by atoms with E-state index in [1.54, 1.807) is 34.8 Å². The van der Waals surface area contributed by atoms with E-state index in [9.17, 15) is 5.11 Å². The van der Waals surface area contributed by atoms with Gasteiger partial charge in [-0.15, -0.1) is 5.10 Å². The van der Waals surface area contributed by atoms with Gasteiger partial charge in [0.2, 0.25) is 0 Å². The molecule has 0 saturated heterocycles. The van der Waals surface area contributed by atoms with Crippen LogP contribution in [-0.4, -0.2) is 64.6 Å². The van der Waals surface area contributed by atoms with Gasteiger partial charge in [-0.2, -0.15) is 0 Å². The number of methoxy groups -OCH3 is 4. The summed E-state index contributed by atoms with van der Waals surface area (Å²) in [4.78, 5) is 11.3. The standard InChI is InChI=1S/C28H34N6O5/c1-36-22-10-8-18(24(13-22)38-3)15-33(16-19-9-11-23(37-2)14-25(19)39-4)27-26-28(30-17-29-27)34(32-31-26)20-6-5-7-21(35)12-20/h8-11,13-14,17,20-21,35H,5-7,12,15-16H2,1-4H3/t20-,21-/m0/s1. The maximum absolute atomic E-state index is 10.3. The van der Waals surface area contributed by atoms with E-state index < -0.39 is 0 Å². The van der Waals surface area contributed by atoms with Crippen molar-refractivity contribution in [1.29, 1.82) is 0 Å². The fourth-order valence-electron chi connectivity index (χ4n) is 5.17. The van der Waals surface area contributed by atoms with Crippen LogP contribution in [0.3, 0.4) is 0 Å². The molecule has 11 nitrogen and oxygen atoms in total.